The maximum atomic E-state index is 13.3. The Morgan fingerprint density at radius 2 is 2.00 bits per heavy atom. The third kappa shape index (κ3) is 3.36. The van der Waals surface area contributed by atoms with Gasteiger partial charge in [0, 0.05) is 10.8 Å². The van der Waals surface area contributed by atoms with Gasteiger partial charge in [0.15, 0.2) is 10.8 Å². The van der Waals surface area contributed by atoms with E-state index in [0.717, 1.165) is 11.3 Å². The summed E-state index contributed by atoms with van der Waals surface area (Å²) in [6.07, 6.45) is 1.48. The quantitative estimate of drug-likeness (QED) is 0.422. The summed E-state index contributed by atoms with van der Waals surface area (Å²) >= 11 is 7.25. The molecule has 0 aliphatic carbocycles. The summed E-state index contributed by atoms with van der Waals surface area (Å²) in [4.78, 5) is 19.6. The minimum Gasteiger partial charge on any atom is -0.301 e. The number of nitrogens with zero attached hydrogens (tertiary/aromatic N) is 3. The number of halogens is 2. The lowest BCUT2D eigenvalue weighted by molar-refractivity contribution is 0.626. The van der Waals surface area contributed by atoms with Crippen LogP contribution in [0.3, 0.4) is 0 Å². The molecule has 0 amide bonds. The second kappa shape index (κ2) is 6.93. The van der Waals surface area contributed by atoms with Crippen LogP contribution in [0.25, 0.3) is 16.7 Å². The minimum absolute atomic E-state index is 0.267. The maximum Gasteiger partial charge on any atom is 0.262 e. The molecule has 0 unspecified atom stereocenters. The maximum absolute atomic E-state index is 13.3. The summed E-state index contributed by atoms with van der Waals surface area (Å²) in [6, 6.07) is 13.4. The van der Waals surface area contributed by atoms with Crippen LogP contribution in [-0.4, -0.2) is 19.7 Å². The number of fused-ring (bicyclic) bond motifs is 1. The van der Waals surface area contributed by atoms with Crippen molar-refractivity contribution in [1.82, 2.24) is 19.7 Å². The highest BCUT2D eigenvalue weighted by molar-refractivity contribution is 7.98. The van der Waals surface area contributed by atoms with Crippen molar-refractivity contribution >= 4 is 34.4 Å². The summed E-state index contributed by atoms with van der Waals surface area (Å²) in [5, 5.41) is 5.72. The largest absolute Gasteiger partial charge is 0.301 e. The van der Waals surface area contributed by atoms with Gasteiger partial charge in [-0.05, 0) is 42.0 Å². The molecule has 5 nitrogen and oxygen atoms in total. The number of hydrogen-bond acceptors (Lipinski definition) is 4. The topological polar surface area (TPSA) is 63.6 Å². The van der Waals surface area contributed by atoms with Gasteiger partial charge in [0.1, 0.15) is 11.2 Å². The Morgan fingerprint density at radius 1 is 1.19 bits per heavy atom. The van der Waals surface area contributed by atoms with Crippen LogP contribution >= 0.6 is 23.4 Å². The molecule has 2 heterocycles. The Balaban J connectivity index is 1.69. The zero-order valence-electron chi connectivity index (χ0n) is 13.3. The fraction of sp³-hybridized carbons (Fsp3) is 0.0556. The Kier molecular flexibility index (Phi) is 4.48. The van der Waals surface area contributed by atoms with Gasteiger partial charge in [-0.3, -0.25) is 4.79 Å². The Bertz CT molecular complexity index is 1140. The number of benzene rings is 2. The number of H-pyrrole nitrogens is 1. The summed E-state index contributed by atoms with van der Waals surface area (Å²) in [5.74, 6) is 0.196. The van der Waals surface area contributed by atoms with Crippen molar-refractivity contribution in [1.29, 1.82) is 0 Å². The predicted octanol–water partition coefficient (Wildman–Crippen LogP) is 4.19. The molecule has 0 bridgehead atoms. The van der Waals surface area contributed by atoms with Crippen LogP contribution in [0.5, 0.6) is 0 Å². The van der Waals surface area contributed by atoms with Gasteiger partial charge in [0.05, 0.1) is 11.9 Å². The molecular weight excluding hydrogens is 375 g/mol. The number of nitrogens with one attached hydrogen (secondary N) is 1. The van der Waals surface area contributed by atoms with E-state index in [1.165, 1.54) is 30.1 Å². The van der Waals surface area contributed by atoms with Gasteiger partial charge in [-0.2, -0.15) is 5.10 Å². The minimum atomic E-state index is -0.291. The van der Waals surface area contributed by atoms with Gasteiger partial charge in [0.2, 0.25) is 0 Å². The van der Waals surface area contributed by atoms with Crippen LogP contribution < -0.4 is 5.56 Å². The fourth-order valence-corrected chi connectivity index (χ4v) is 3.44. The summed E-state index contributed by atoms with van der Waals surface area (Å²) in [7, 11) is 0. The zero-order valence-corrected chi connectivity index (χ0v) is 14.9. The van der Waals surface area contributed by atoms with Crippen molar-refractivity contribution in [3.63, 3.8) is 0 Å². The van der Waals surface area contributed by atoms with Gasteiger partial charge < -0.3 is 4.98 Å². The molecule has 4 aromatic rings. The van der Waals surface area contributed by atoms with Gasteiger partial charge in [-0.25, -0.2) is 14.1 Å². The van der Waals surface area contributed by atoms with Crippen molar-refractivity contribution < 1.29 is 4.39 Å². The van der Waals surface area contributed by atoms with Crippen molar-refractivity contribution in [3.05, 3.63) is 81.5 Å². The lowest BCUT2D eigenvalue weighted by atomic mass is 10.2. The third-order valence-electron chi connectivity index (χ3n) is 3.75. The number of rotatable bonds is 4. The molecule has 0 radical (unpaired) electrons. The smallest absolute Gasteiger partial charge is 0.262 e. The van der Waals surface area contributed by atoms with Crippen LogP contribution in [0.1, 0.15) is 5.56 Å². The summed E-state index contributed by atoms with van der Waals surface area (Å²) in [6.45, 7) is 0. The highest BCUT2D eigenvalue weighted by atomic mass is 35.5. The molecular formula is C18H12ClFN4OS. The van der Waals surface area contributed by atoms with E-state index in [2.05, 4.69) is 15.1 Å². The SMILES string of the molecule is O=c1[nH]c(SCc2cccc(F)c2)nc2c1cnn2-c1ccc(Cl)cc1. The zero-order chi connectivity index (χ0) is 18.1. The molecule has 4 rings (SSSR count). The second-order valence-electron chi connectivity index (χ2n) is 5.56. The van der Waals surface area contributed by atoms with Crippen LogP contribution in [0.15, 0.2) is 64.7 Å². The molecule has 2 aromatic heterocycles. The van der Waals surface area contributed by atoms with E-state index in [-0.39, 0.29) is 11.4 Å². The Morgan fingerprint density at radius 3 is 2.77 bits per heavy atom. The van der Waals surface area contributed by atoms with E-state index in [1.807, 2.05) is 6.07 Å². The monoisotopic (exact) mass is 386 g/mol. The highest BCUT2D eigenvalue weighted by Crippen LogP contribution is 2.22. The van der Waals surface area contributed by atoms with E-state index in [4.69, 9.17) is 11.6 Å². The number of aromatic nitrogens is 4. The van der Waals surface area contributed by atoms with Crippen LogP contribution in [0, 0.1) is 5.82 Å². The molecule has 8 heteroatoms. The molecule has 0 aliphatic heterocycles. The fourth-order valence-electron chi connectivity index (χ4n) is 2.52. The van der Waals surface area contributed by atoms with E-state index in [0.29, 0.717) is 27.0 Å². The first-order valence-electron chi connectivity index (χ1n) is 7.71. The van der Waals surface area contributed by atoms with E-state index in [1.54, 1.807) is 35.0 Å². The lowest BCUT2D eigenvalue weighted by Gasteiger charge is -2.05. The van der Waals surface area contributed by atoms with Crippen LogP contribution in [0.4, 0.5) is 4.39 Å². The summed E-state index contributed by atoms with van der Waals surface area (Å²) in [5.41, 5.74) is 1.75. The van der Waals surface area contributed by atoms with E-state index in [9.17, 15) is 9.18 Å². The molecule has 0 aliphatic rings. The molecule has 0 atom stereocenters. The van der Waals surface area contributed by atoms with Crippen molar-refractivity contribution in [2.45, 2.75) is 10.9 Å². The van der Waals surface area contributed by atoms with Gasteiger partial charge in [-0.1, -0.05) is 35.5 Å². The molecule has 1 N–H and O–H groups in total. The van der Waals surface area contributed by atoms with Crippen molar-refractivity contribution in [2.24, 2.45) is 0 Å². The average molecular weight is 387 g/mol. The number of aromatic amines is 1. The molecule has 0 spiro atoms. The lowest BCUT2D eigenvalue weighted by Crippen LogP contribution is -2.09. The van der Waals surface area contributed by atoms with Gasteiger partial charge >= 0.3 is 0 Å². The molecule has 130 valence electrons. The standard InChI is InChI=1S/C18H12ClFN4OS/c19-12-4-6-14(7-5-12)24-16-15(9-21-24)17(25)23-18(22-16)26-10-11-2-1-3-13(20)8-11/h1-9H,10H2,(H,22,23,25). The van der Waals surface area contributed by atoms with Crippen molar-refractivity contribution in [3.8, 4) is 5.69 Å². The van der Waals surface area contributed by atoms with Crippen molar-refractivity contribution in [2.75, 3.05) is 0 Å². The Hall–Kier alpha value is -2.64. The normalized spacial score (nSPS) is 11.2. The van der Waals surface area contributed by atoms with Gasteiger partial charge in [-0.15, -0.1) is 0 Å². The molecule has 2 aromatic carbocycles. The third-order valence-corrected chi connectivity index (χ3v) is 4.95. The average Bonchev–Trinajstić information content (AvgIpc) is 3.05. The molecule has 0 saturated carbocycles. The second-order valence-corrected chi connectivity index (χ2v) is 6.96. The first-order valence-corrected chi connectivity index (χ1v) is 9.08. The molecule has 0 fully saturated rings. The molecule has 0 saturated heterocycles. The Labute approximate surface area is 156 Å². The first kappa shape index (κ1) is 16.8. The number of thioether (sulfide) groups is 1. The number of hydrogen-bond donors (Lipinski definition) is 1. The predicted molar refractivity (Wildman–Crippen MR) is 100 cm³/mol. The highest BCUT2D eigenvalue weighted by Gasteiger charge is 2.12. The van der Waals surface area contributed by atoms with Crippen LogP contribution in [-0.2, 0) is 5.75 Å². The first-order chi connectivity index (χ1) is 12.6. The summed E-state index contributed by atoms with van der Waals surface area (Å²) < 4.78 is 14.9. The van der Waals surface area contributed by atoms with E-state index >= 15 is 0 Å². The van der Waals surface area contributed by atoms with Crippen LogP contribution in [0.2, 0.25) is 5.02 Å². The molecule has 26 heavy (non-hydrogen) atoms. The van der Waals surface area contributed by atoms with Gasteiger partial charge in [0.25, 0.3) is 5.56 Å². The van der Waals surface area contributed by atoms with E-state index < -0.39 is 0 Å².